The molecule has 0 aliphatic carbocycles. The van der Waals surface area contributed by atoms with Crippen LogP contribution in [0.15, 0.2) is 30.5 Å². The largest absolute Gasteiger partial charge is 0.481 e. The van der Waals surface area contributed by atoms with Crippen molar-refractivity contribution in [2.24, 2.45) is 7.05 Å². The molecule has 0 aliphatic heterocycles. The zero-order valence-electron chi connectivity index (χ0n) is 11.6. The van der Waals surface area contributed by atoms with Crippen LogP contribution in [0.2, 0.25) is 0 Å². The first kappa shape index (κ1) is 13.6. The van der Waals surface area contributed by atoms with Gasteiger partial charge in [-0.05, 0) is 38.6 Å². The predicted molar refractivity (Wildman–Crippen MR) is 76.5 cm³/mol. The quantitative estimate of drug-likeness (QED) is 0.866. The van der Waals surface area contributed by atoms with Gasteiger partial charge in [-0.3, -0.25) is 4.79 Å². The molecule has 0 aliphatic rings. The number of rotatable bonds is 5. The second kappa shape index (κ2) is 5.05. The highest BCUT2D eigenvalue weighted by atomic mass is 16.4. The standard InChI is InChI=1S/C15H20N2O2/c1-15(14(18)19,8-9-16-2)12-10-17(3)13-7-5-4-6-11(12)13/h4-7,10,16H,8-9H2,1-3H3,(H,18,19). The van der Waals surface area contributed by atoms with Crippen molar-refractivity contribution in [2.75, 3.05) is 13.6 Å². The van der Waals surface area contributed by atoms with E-state index in [9.17, 15) is 9.90 Å². The molecule has 1 aromatic carbocycles. The zero-order valence-corrected chi connectivity index (χ0v) is 11.6. The number of fused-ring (bicyclic) bond motifs is 1. The van der Waals surface area contributed by atoms with Gasteiger partial charge in [-0.25, -0.2) is 0 Å². The highest BCUT2D eigenvalue weighted by Gasteiger charge is 2.37. The summed E-state index contributed by atoms with van der Waals surface area (Å²) in [5.74, 6) is -0.779. The average Bonchev–Trinajstić information content (AvgIpc) is 2.74. The minimum atomic E-state index is -0.871. The fraction of sp³-hybridized carbons (Fsp3) is 0.400. The van der Waals surface area contributed by atoms with Crippen LogP contribution in [0.3, 0.4) is 0 Å². The minimum absolute atomic E-state index is 0.562. The minimum Gasteiger partial charge on any atom is -0.481 e. The van der Waals surface area contributed by atoms with Crippen LogP contribution in [-0.4, -0.2) is 29.2 Å². The molecule has 0 amide bonds. The lowest BCUT2D eigenvalue weighted by Crippen LogP contribution is -2.35. The van der Waals surface area contributed by atoms with Gasteiger partial charge < -0.3 is 15.0 Å². The number of nitrogens with one attached hydrogen (secondary N) is 1. The van der Waals surface area contributed by atoms with Crippen LogP contribution in [0.25, 0.3) is 10.9 Å². The molecule has 2 aromatic rings. The number of carbonyl (C=O) groups is 1. The number of aliphatic carboxylic acids is 1. The summed E-state index contributed by atoms with van der Waals surface area (Å²) in [6.07, 6.45) is 2.50. The Balaban J connectivity index is 2.60. The monoisotopic (exact) mass is 260 g/mol. The van der Waals surface area contributed by atoms with E-state index in [0.717, 1.165) is 16.5 Å². The SMILES string of the molecule is CNCCC(C)(C(=O)O)c1cn(C)c2ccccc12. The van der Waals surface area contributed by atoms with E-state index in [1.54, 1.807) is 6.92 Å². The summed E-state index contributed by atoms with van der Waals surface area (Å²) >= 11 is 0. The van der Waals surface area contributed by atoms with Gasteiger partial charge in [0.15, 0.2) is 0 Å². The van der Waals surface area contributed by atoms with Crippen LogP contribution in [0.4, 0.5) is 0 Å². The number of hydrogen-bond donors (Lipinski definition) is 2. The molecule has 0 fully saturated rings. The summed E-state index contributed by atoms with van der Waals surface area (Å²) in [5, 5.41) is 13.7. The van der Waals surface area contributed by atoms with Gasteiger partial charge in [0.05, 0.1) is 5.41 Å². The topological polar surface area (TPSA) is 54.3 Å². The number of carboxylic acids is 1. The molecule has 1 heterocycles. The molecule has 102 valence electrons. The Hall–Kier alpha value is -1.81. The van der Waals surface area contributed by atoms with E-state index in [0.29, 0.717) is 13.0 Å². The van der Waals surface area contributed by atoms with Crippen LogP contribution in [0.5, 0.6) is 0 Å². The molecule has 19 heavy (non-hydrogen) atoms. The number of aromatic nitrogens is 1. The summed E-state index contributed by atoms with van der Waals surface area (Å²) in [4.78, 5) is 11.7. The first-order chi connectivity index (χ1) is 9.00. The van der Waals surface area contributed by atoms with Crippen molar-refractivity contribution < 1.29 is 9.90 Å². The number of nitrogens with zero attached hydrogens (tertiary/aromatic N) is 1. The highest BCUT2D eigenvalue weighted by Crippen LogP contribution is 2.34. The van der Waals surface area contributed by atoms with Crippen molar-refractivity contribution >= 4 is 16.9 Å². The van der Waals surface area contributed by atoms with E-state index >= 15 is 0 Å². The van der Waals surface area contributed by atoms with Gasteiger partial charge in [-0.15, -0.1) is 0 Å². The van der Waals surface area contributed by atoms with Gasteiger partial charge in [-0.1, -0.05) is 18.2 Å². The molecule has 0 saturated heterocycles. The maximum atomic E-state index is 11.7. The number of hydrogen-bond acceptors (Lipinski definition) is 2. The van der Waals surface area contributed by atoms with Crippen molar-refractivity contribution in [1.82, 2.24) is 9.88 Å². The smallest absolute Gasteiger partial charge is 0.313 e. The predicted octanol–water partition coefficient (Wildman–Crippen LogP) is 2.13. The van der Waals surface area contributed by atoms with E-state index in [1.165, 1.54) is 0 Å². The van der Waals surface area contributed by atoms with Gasteiger partial charge >= 0.3 is 5.97 Å². The Kier molecular flexibility index (Phi) is 3.62. The molecule has 0 saturated carbocycles. The average molecular weight is 260 g/mol. The molecule has 1 unspecified atom stereocenters. The molecular formula is C15H20N2O2. The van der Waals surface area contributed by atoms with E-state index in [2.05, 4.69) is 5.32 Å². The Bertz CT molecular complexity index is 603. The maximum absolute atomic E-state index is 11.7. The number of aryl methyl sites for hydroxylation is 1. The van der Waals surface area contributed by atoms with Crippen LogP contribution < -0.4 is 5.32 Å². The van der Waals surface area contributed by atoms with E-state index in [-0.39, 0.29) is 0 Å². The van der Waals surface area contributed by atoms with E-state index < -0.39 is 11.4 Å². The Morgan fingerprint density at radius 3 is 2.74 bits per heavy atom. The highest BCUT2D eigenvalue weighted by molar-refractivity contribution is 5.92. The molecule has 1 aromatic heterocycles. The summed E-state index contributed by atoms with van der Waals surface area (Å²) in [6, 6.07) is 7.92. The van der Waals surface area contributed by atoms with E-state index in [1.807, 2.05) is 49.1 Å². The van der Waals surface area contributed by atoms with Crippen molar-refractivity contribution in [3.63, 3.8) is 0 Å². The van der Waals surface area contributed by atoms with Crippen molar-refractivity contribution in [3.8, 4) is 0 Å². The molecule has 0 radical (unpaired) electrons. The van der Waals surface area contributed by atoms with Crippen molar-refractivity contribution in [2.45, 2.75) is 18.8 Å². The Labute approximate surface area is 113 Å². The molecule has 4 heteroatoms. The Morgan fingerprint density at radius 2 is 2.11 bits per heavy atom. The molecule has 4 nitrogen and oxygen atoms in total. The fourth-order valence-electron chi connectivity index (χ4n) is 2.51. The van der Waals surface area contributed by atoms with Gasteiger partial charge in [0.2, 0.25) is 0 Å². The van der Waals surface area contributed by atoms with Gasteiger partial charge in [0, 0.05) is 24.1 Å². The van der Waals surface area contributed by atoms with Gasteiger partial charge in [0.25, 0.3) is 0 Å². The number of benzene rings is 1. The van der Waals surface area contributed by atoms with Gasteiger partial charge in [0.1, 0.15) is 0 Å². The summed E-state index contributed by atoms with van der Waals surface area (Å²) in [6.45, 7) is 2.47. The lowest BCUT2D eigenvalue weighted by Gasteiger charge is -2.24. The van der Waals surface area contributed by atoms with Crippen molar-refractivity contribution in [3.05, 3.63) is 36.0 Å². The van der Waals surface area contributed by atoms with Gasteiger partial charge in [-0.2, -0.15) is 0 Å². The summed E-state index contributed by atoms with van der Waals surface area (Å²) in [5.41, 5.74) is 1.08. The summed E-state index contributed by atoms with van der Waals surface area (Å²) < 4.78 is 1.99. The first-order valence-corrected chi connectivity index (χ1v) is 6.43. The number of para-hydroxylation sites is 1. The normalized spacial score (nSPS) is 14.5. The van der Waals surface area contributed by atoms with E-state index in [4.69, 9.17) is 0 Å². The van der Waals surface area contributed by atoms with Crippen LogP contribution >= 0.6 is 0 Å². The second-order valence-corrected chi connectivity index (χ2v) is 5.16. The van der Waals surface area contributed by atoms with Crippen LogP contribution in [-0.2, 0) is 17.3 Å². The third kappa shape index (κ3) is 2.24. The Morgan fingerprint density at radius 1 is 1.42 bits per heavy atom. The third-order valence-electron chi connectivity index (χ3n) is 3.84. The molecule has 0 spiro atoms. The van der Waals surface area contributed by atoms with Crippen molar-refractivity contribution in [1.29, 1.82) is 0 Å². The second-order valence-electron chi connectivity index (χ2n) is 5.16. The van der Waals surface area contributed by atoms with Crippen LogP contribution in [0, 0.1) is 0 Å². The lowest BCUT2D eigenvalue weighted by atomic mass is 9.79. The first-order valence-electron chi connectivity index (χ1n) is 6.43. The molecule has 2 rings (SSSR count). The van der Waals surface area contributed by atoms with Crippen LogP contribution in [0.1, 0.15) is 18.9 Å². The summed E-state index contributed by atoms with van der Waals surface area (Å²) in [7, 11) is 3.79. The molecule has 0 bridgehead atoms. The fourth-order valence-corrected chi connectivity index (χ4v) is 2.51. The number of carboxylic acid groups (broad SMARTS) is 1. The molecule has 2 N–H and O–H groups in total. The zero-order chi connectivity index (χ0) is 14.0. The maximum Gasteiger partial charge on any atom is 0.313 e. The molecule has 1 atom stereocenters. The molecular weight excluding hydrogens is 240 g/mol. The third-order valence-corrected chi connectivity index (χ3v) is 3.84. The lowest BCUT2D eigenvalue weighted by molar-refractivity contribution is -0.143.